The van der Waals surface area contributed by atoms with Gasteiger partial charge in [-0.25, -0.2) is 14.8 Å². The number of pyridine rings is 1. The van der Waals surface area contributed by atoms with Crippen LogP contribution in [-0.2, 0) is 14.3 Å². The molecule has 2 heterocycles. The first-order valence-electron chi connectivity index (χ1n) is 11.6. The number of likely N-dealkylation sites (tertiary alicyclic amines) is 1. The van der Waals surface area contributed by atoms with Crippen molar-refractivity contribution in [2.24, 2.45) is 4.99 Å². The van der Waals surface area contributed by atoms with Gasteiger partial charge in [-0.15, -0.1) is 0 Å². The third kappa shape index (κ3) is 8.24. The molecule has 10 heteroatoms. The third-order valence-corrected chi connectivity index (χ3v) is 5.24. The summed E-state index contributed by atoms with van der Waals surface area (Å²) in [6.07, 6.45) is 6.65. The molecular formula is C25H36N6O4. The summed E-state index contributed by atoms with van der Waals surface area (Å²) in [6, 6.07) is 1.32. The second-order valence-corrected chi connectivity index (χ2v) is 9.24. The molecule has 10 nitrogen and oxygen atoms in total. The molecule has 0 spiro atoms. The van der Waals surface area contributed by atoms with E-state index in [1.807, 2.05) is 13.0 Å². The molecule has 0 unspecified atom stereocenters. The fraction of sp³-hybridized carbons (Fsp3) is 0.480. The van der Waals surface area contributed by atoms with Crippen LogP contribution in [0.25, 0.3) is 0 Å². The van der Waals surface area contributed by atoms with Gasteiger partial charge in [-0.05, 0) is 77.2 Å². The number of aromatic nitrogens is 1. The summed E-state index contributed by atoms with van der Waals surface area (Å²) in [4.78, 5) is 47.8. The minimum absolute atomic E-state index is 0.303. The topological polar surface area (TPSA) is 125 Å². The summed E-state index contributed by atoms with van der Waals surface area (Å²) >= 11 is 0. The number of hydrogen-bond acceptors (Lipinski definition) is 7. The van der Waals surface area contributed by atoms with Crippen LogP contribution in [0.4, 0.5) is 16.3 Å². The minimum Gasteiger partial charge on any atom is -0.444 e. The van der Waals surface area contributed by atoms with E-state index < -0.39 is 23.5 Å². The lowest BCUT2D eigenvalue weighted by Crippen LogP contribution is -2.49. The average Bonchev–Trinajstić information content (AvgIpc) is 2.79. The van der Waals surface area contributed by atoms with Crippen molar-refractivity contribution in [2.75, 3.05) is 24.2 Å². The van der Waals surface area contributed by atoms with E-state index in [2.05, 4.69) is 32.5 Å². The van der Waals surface area contributed by atoms with Gasteiger partial charge in [0.2, 0.25) is 0 Å². The molecule has 1 aliphatic heterocycles. The zero-order chi connectivity index (χ0) is 26.2. The van der Waals surface area contributed by atoms with Crippen molar-refractivity contribution in [3.05, 3.63) is 41.9 Å². The Hall–Kier alpha value is -3.69. The standard InChI is InChI=1S/C25H36N6O4/c1-8-20(26-7)27-14-17(3)19-11-9-10-12-31(19)23(33)22(32)29-18-13-16(2)21(28-15-18)30-24(34)35-25(4,5)6/h8,13-15,19,26H,3,9-12H2,1-2,4-7H3,(H,29,32)(H,28,30,34)/b20-8-,27-14?/t19-/m0/s1. The summed E-state index contributed by atoms with van der Waals surface area (Å²) in [5.41, 5.74) is 0.968. The normalized spacial score (nSPS) is 16.6. The van der Waals surface area contributed by atoms with Gasteiger partial charge in [0.25, 0.3) is 0 Å². The Morgan fingerprint density at radius 2 is 1.97 bits per heavy atom. The number of aryl methyl sites for hydroxylation is 1. The van der Waals surface area contributed by atoms with Crippen LogP contribution in [0.2, 0.25) is 0 Å². The number of anilines is 2. The lowest BCUT2D eigenvalue weighted by atomic mass is 9.96. The SMILES string of the molecule is C=C(C=N/C(=C\C)NC)[C@@H]1CCCCN1C(=O)C(=O)Nc1cnc(NC(=O)OC(C)(C)C)c(C)c1. The molecular weight excluding hydrogens is 448 g/mol. The fourth-order valence-corrected chi connectivity index (χ4v) is 3.57. The van der Waals surface area contributed by atoms with Crippen molar-refractivity contribution < 1.29 is 19.1 Å². The Bertz CT molecular complexity index is 1030. The molecule has 3 amide bonds. The Balaban J connectivity index is 2.07. The largest absolute Gasteiger partial charge is 0.444 e. The van der Waals surface area contributed by atoms with Crippen LogP contribution >= 0.6 is 0 Å². The van der Waals surface area contributed by atoms with Crippen LogP contribution in [0, 0.1) is 6.92 Å². The van der Waals surface area contributed by atoms with E-state index in [0.717, 1.165) is 12.8 Å². The van der Waals surface area contributed by atoms with Crippen molar-refractivity contribution in [2.45, 2.75) is 65.5 Å². The summed E-state index contributed by atoms with van der Waals surface area (Å²) in [5, 5.41) is 8.14. The third-order valence-electron chi connectivity index (χ3n) is 5.24. The van der Waals surface area contributed by atoms with E-state index in [4.69, 9.17) is 4.74 Å². The van der Waals surface area contributed by atoms with Crippen molar-refractivity contribution in [1.29, 1.82) is 0 Å². The lowest BCUT2D eigenvalue weighted by Gasteiger charge is -2.35. The van der Waals surface area contributed by atoms with Crippen molar-refractivity contribution >= 4 is 35.6 Å². The van der Waals surface area contributed by atoms with Crippen LogP contribution < -0.4 is 16.0 Å². The number of hydrogen-bond donors (Lipinski definition) is 3. The van der Waals surface area contributed by atoms with Gasteiger partial charge < -0.3 is 20.3 Å². The molecule has 1 saturated heterocycles. The first-order valence-corrected chi connectivity index (χ1v) is 11.6. The van der Waals surface area contributed by atoms with Gasteiger partial charge in [-0.2, -0.15) is 0 Å². The number of allylic oxidation sites excluding steroid dienone is 1. The summed E-state index contributed by atoms with van der Waals surface area (Å²) in [7, 11) is 1.77. The minimum atomic E-state index is -0.764. The Labute approximate surface area is 206 Å². The van der Waals surface area contributed by atoms with E-state index in [9.17, 15) is 14.4 Å². The first-order chi connectivity index (χ1) is 16.4. The zero-order valence-corrected chi connectivity index (χ0v) is 21.4. The molecule has 0 radical (unpaired) electrons. The lowest BCUT2D eigenvalue weighted by molar-refractivity contribution is -0.145. The molecule has 0 aromatic carbocycles. The second kappa shape index (κ2) is 12.1. The van der Waals surface area contributed by atoms with Gasteiger partial charge in [-0.3, -0.25) is 14.9 Å². The van der Waals surface area contributed by atoms with Gasteiger partial charge in [-0.1, -0.05) is 6.58 Å². The number of carbonyl (C=O) groups is 3. The molecule has 3 N–H and O–H groups in total. The van der Waals surface area contributed by atoms with E-state index in [1.165, 1.54) is 6.20 Å². The van der Waals surface area contributed by atoms with E-state index >= 15 is 0 Å². The van der Waals surface area contributed by atoms with Crippen LogP contribution in [0.15, 0.2) is 41.3 Å². The average molecular weight is 485 g/mol. The van der Waals surface area contributed by atoms with Crippen LogP contribution in [0.3, 0.4) is 0 Å². The van der Waals surface area contributed by atoms with Crippen molar-refractivity contribution in [1.82, 2.24) is 15.2 Å². The Kier molecular flexibility index (Phi) is 9.56. The number of nitrogens with one attached hydrogen (secondary N) is 3. The molecule has 1 aromatic rings. The number of aliphatic imine (C=N–C) groups is 1. The highest BCUT2D eigenvalue weighted by atomic mass is 16.6. The molecule has 1 aliphatic rings. The Morgan fingerprint density at radius 1 is 1.26 bits per heavy atom. The molecule has 1 atom stereocenters. The maximum Gasteiger partial charge on any atom is 0.413 e. The number of ether oxygens (including phenoxy) is 1. The monoisotopic (exact) mass is 484 g/mol. The number of nitrogens with zero attached hydrogens (tertiary/aromatic N) is 3. The maximum absolute atomic E-state index is 13.0. The highest BCUT2D eigenvalue weighted by Crippen LogP contribution is 2.23. The van der Waals surface area contributed by atoms with E-state index in [0.29, 0.717) is 41.4 Å². The second-order valence-electron chi connectivity index (χ2n) is 9.24. The summed E-state index contributed by atoms with van der Waals surface area (Å²) in [6.45, 7) is 13.4. The number of rotatable bonds is 6. The van der Waals surface area contributed by atoms with Gasteiger partial charge in [0.1, 0.15) is 17.2 Å². The number of carbonyl (C=O) groups excluding carboxylic acids is 3. The number of amides is 3. The van der Waals surface area contributed by atoms with Crippen LogP contribution in [0.1, 0.15) is 52.5 Å². The summed E-state index contributed by atoms with van der Waals surface area (Å²) < 4.78 is 5.23. The molecule has 2 rings (SSSR count). The zero-order valence-electron chi connectivity index (χ0n) is 21.4. The van der Waals surface area contributed by atoms with Gasteiger partial charge in [0, 0.05) is 19.8 Å². The molecule has 0 aliphatic carbocycles. The van der Waals surface area contributed by atoms with Gasteiger partial charge >= 0.3 is 17.9 Å². The highest BCUT2D eigenvalue weighted by Gasteiger charge is 2.32. The predicted molar refractivity (Wildman–Crippen MR) is 137 cm³/mol. The number of piperidine rings is 1. The maximum atomic E-state index is 13.0. The van der Waals surface area contributed by atoms with Gasteiger partial charge in [0.05, 0.1) is 17.9 Å². The molecule has 1 aromatic heterocycles. The first kappa shape index (κ1) is 27.6. The molecule has 0 saturated carbocycles. The molecule has 0 bridgehead atoms. The molecule has 190 valence electrons. The van der Waals surface area contributed by atoms with Gasteiger partial charge in [0.15, 0.2) is 0 Å². The molecule has 35 heavy (non-hydrogen) atoms. The smallest absolute Gasteiger partial charge is 0.413 e. The van der Waals surface area contributed by atoms with E-state index in [1.54, 1.807) is 51.9 Å². The molecule has 1 fully saturated rings. The quantitative estimate of drug-likeness (QED) is 0.417. The van der Waals surface area contributed by atoms with Crippen molar-refractivity contribution in [3.63, 3.8) is 0 Å². The van der Waals surface area contributed by atoms with E-state index in [-0.39, 0.29) is 6.04 Å². The van der Waals surface area contributed by atoms with Crippen LogP contribution in [-0.4, -0.2) is 59.2 Å². The van der Waals surface area contributed by atoms with Crippen molar-refractivity contribution in [3.8, 4) is 0 Å². The highest BCUT2D eigenvalue weighted by molar-refractivity contribution is 6.39. The Morgan fingerprint density at radius 3 is 2.57 bits per heavy atom. The van der Waals surface area contributed by atoms with Crippen LogP contribution in [0.5, 0.6) is 0 Å². The fourth-order valence-electron chi connectivity index (χ4n) is 3.57. The predicted octanol–water partition coefficient (Wildman–Crippen LogP) is 3.76. The summed E-state index contributed by atoms with van der Waals surface area (Å²) in [5.74, 6) is -0.417.